The first-order valence-corrected chi connectivity index (χ1v) is 11.0. The molecule has 1 saturated heterocycles. The van der Waals surface area contributed by atoms with Gasteiger partial charge in [-0.05, 0) is 51.2 Å². The Balaban J connectivity index is 1.39. The zero-order valence-electron chi connectivity index (χ0n) is 18.1. The fraction of sp³-hybridized carbons (Fsp3) is 0.417. The van der Waals surface area contributed by atoms with Crippen LogP contribution in [0.4, 0.5) is 4.79 Å². The minimum absolute atomic E-state index is 0.00487. The third kappa shape index (κ3) is 3.25. The summed E-state index contributed by atoms with van der Waals surface area (Å²) in [6.07, 6.45) is 4.27. The molecule has 32 heavy (non-hydrogen) atoms. The van der Waals surface area contributed by atoms with Gasteiger partial charge in [-0.1, -0.05) is 30.3 Å². The molecule has 2 fully saturated rings. The van der Waals surface area contributed by atoms with Crippen LogP contribution in [-0.2, 0) is 4.74 Å². The van der Waals surface area contributed by atoms with Gasteiger partial charge in [-0.2, -0.15) is 5.26 Å². The van der Waals surface area contributed by atoms with Gasteiger partial charge < -0.3 is 9.72 Å². The monoisotopic (exact) mass is 431 g/mol. The number of H-pyrrole nitrogens is 1. The van der Waals surface area contributed by atoms with Crippen LogP contribution in [0.25, 0.3) is 11.2 Å². The van der Waals surface area contributed by atoms with Gasteiger partial charge in [-0.15, -0.1) is 0 Å². The molecule has 0 bridgehead atoms. The number of aromatic amines is 1. The number of ether oxygens (including phenoxy) is 1. The molecule has 8 nitrogen and oxygen atoms in total. The molecule has 1 aliphatic heterocycles. The van der Waals surface area contributed by atoms with Gasteiger partial charge in [0.05, 0.1) is 17.1 Å². The molecule has 1 saturated carbocycles. The SMILES string of the molecule is CC1(C)OC(=O)N(C2CCC(n3c(=O)[nH]c4cc(C#N)cnc43)CC2)[C@H]1c1ccccc1. The Morgan fingerprint density at radius 3 is 2.50 bits per heavy atom. The van der Waals surface area contributed by atoms with Gasteiger partial charge in [0.2, 0.25) is 0 Å². The predicted molar refractivity (Wildman–Crippen MR) is 118 cm³/mol. The van der Waals surface area contributed by atoms with E-state index >= 15 is 0 Å². The maximum atomic E-state index is 12.9. The third-order valence-electron chi connectivity index (χ3n) is 6.72. The number of fused-ring (bicyclic) bond motifs is 1. The van der Waals surface area contributed by atoms with Gasteiger partial charge in [0.25, 0.3) is 0 Å². The summed E-state index contributed by atoms with van der Waals surface area (Å²) in [6, 6.07) is 13.6. The van der Waals surface area contributed by atoms with Crippen molar-refractivity contribution in [2.45, 2.75) is 63.3 Å². The van der Waals surface area contributed by atoms with Crippen LogP contribution in [0.1, 0.15) is 62.7 Å². The van der Waals surface area contributed by atoms with Gasteiger partial charge in [-0.25, -0.2) is 14.6 Å². The second-order valence-electron chi connectivity index (χ2n) is 9.16. The average molecular weight is 431 g/mol. The molecule has 1 atom stereocenters. The molecule has 1 N–H and O–H groups in total. The molecule has 0 unspecified atom stereocenters. The van der Waals surface area contributed by atoms with Crippen molar-refractivity contribution in [3.8, 4) is 6.07 Å². The molecule has 164 valence electrons. The first-order chi connectivity index (χ1) is 15.4. The number of hydrogen-bond acceptors (Lipinski definition) is 5. The highest BCUT2D eigenvalue weighted by atomic mass is 16.6. The molecule has 8 heteroatoms. The van der Waals surface area contributed by atoms with Gasteiger partial charge in [-0.3, -0.25) is 9.47 Å². The number of carbonyl (C=O) groups excluding carboxylic acids is 1. The first-order valence-electron chi connectivity index (χ1n) is 11.0. The maximum absolute atomic E-state index is 12.9. The van der Waals surface area contributed by atoms with Gasteiger partial charge in [0.1, 0.15) is 11.7 Å². The van der Waals surface area contributed by atoms with Crippen LogP contribution in [0.2, 0.25) is 0 Å². The van der Waals surface area contributed by atoms with Crippen molar-refractivity contribution in [1.82, 2.24) is 19.4 Å². The highest BCUT2D eigenvalue weighted by molar-refractivity contribution is 5.73. The molecular weight excluding hydrogens is 406 g/mol. The lowest BCUT2D eigenvalue weighted by Crippen LogP contribution is -2.43. The predicted octanol–water partition coefficient (Wildman–Crippen LogP) is 4.05. The first kappa shape index (κ1) is 20.3. The van der Waals surface area contributed by atoms with Crippen molar-refractivity contribution in [1.29, 1.82) is 5.26 Å². The van der Waals surface area contributed by atoms with Crippen molar-refractivity contribution < 1.29 is 9.53 Å². The van der Waals surface area contributed by atoms with E-state index in [0.717, 1.165) is 31.2 Å². The molecule has 2 aromatic heterocycles. The van der Waals surface area contributed by atoms with E-state index in [2.05, 4.69) is 9.97 Å². The lowest BCUT2D eigenvalue weighted by atomic mass is 9.86. The van der Waals surface area contributed by atoms with E-state index in [-0.39, 0.29) is 29.9 Å². The van der Waals surface area contributed by atoms with Crippen LogP contribution in [0.3, 0.4) is 0 Å². The number of aromatic nitrogens is 3. The number of nitriles is 1. The number of imidazole rings is 1. The lowest BCUT2D eigenvalue weighted by molar-refractivity contribution is 0.0662. The number of amides is 1. The van der Waals surface area contributed by atoms with Gasteiger partial charge in [0.15, 0.2) is 5.65 Å². The maximum Gasteiger partial charge on any atom is 0.411 e. The highest BCUT2D eigenvalue weighted by Gasteiger charge is 2.51. The van der Waals surface area contributed by atoms with Crippen LogP contribution in [0, 0.1) is 11.3 Å². The molecule has 3 heterocycles. The van der Waals surface area contributed by atoms with E-state index < -0.39 is 5.60 Å². The van der Waals surface area contributed by atoms with Crippen LogP contribution in [0.5, 0.6) is 0 Å². The number of benzene rings is 1. The fourth-order valence-corrected chi connectivity index (χ4v) is 5.34. The van der Waals surface area contributed by atoms with Crippen LogP contribution in [-0.4, -0.2) is 37.2 Å². The second kappa shape index (κ2) is 7.52. The number of hydrogen-bond donors (Lipinski definition) is 1. The number of cyclic esters (lactones) is 1. The van der Waals surface area contributed by atoms with Crippen LogP contribution >= 0.6 is 0 Å². The smallest absolute Gasteiger partial charge is 0.411 e. The molecule has 0 spiro atoms. The van der Waals surface area contributed by atoms with E-state index in [1.807, 2.05) is 55.1 Å². The number of rotatable bonds is 3. The standard InChI is InChI=1S/C24H25N5O3/c1-24(2)20(16-6-4-3-5-7-16)28(23(31)32-24)17-8-10-18(11-9-17)29-21-19(27-22(29)30)12-15(13-25)14-26-21/h3-7,12,14,17-18,20H,8-11H2,1-2H3,(H,27,30)/t17?,18?,20-/m0/s1. The Kier molecular flexibility index (Phi) is 4.77. The van der Waals surface area contributed by atoms with E-state index in [1.165, 1.54) is 6.20 Å². The van der Waals surface area contributed by atoms with E-state index in [0.29, 0.717) is 16.7 Å². The molecule has 1 aromatic carbocycles. The summed E-state index contributed by atoms with van der Waals surface area (Å²) in [4.78, 5) is 34.6. The number of nitrogens with one attached hydrogen (secondary N) is 1. The fourth-order valence-electron chi connectivity index (χ4n) is 5.34. The lowest BCUT2D eigenvalue weighted by Gasteiger charge is -2.38. The molecule has 3 aromatic rings. The Hall–Kier alpha value is -3.60. The molecule has 1 aliphatic carbocycles. The normalized spacial score (nSPS) is 25.0. The van der Waals surface area contributed by atoms with Crippen molar-refractivity contribution in [3.63, 3.8) is 0 Å². The van der Waals surface area contributed by atoms with Crippen molar-refractivity contribution in [2.24, 2.45) is 0 Å². The van der Waals surface area contributed by atoms with Gasteiger partial charge >= 0.3 is 11.8 Å². The number of nitrogens with zero attached hydrogens (tertiary/aromatic N) is 4. The van der Waals surface area contributed by atoms with E-state index in [1.54, 1.807) is 10.6 Å². The third-order valence-corrected chi connectivity index (χ3v) is 6.72. The Morgan fingerprint density at radius 1 is 1.12 bits per heavy atom. The second-order valence-corrected chi connectivity index (χ2v) is 9.16. The molecule has 5 rings (SSSR count). The van der Waals surface area contributed by atoms with E-state index in [9.17, 15) is 9.59 Å². The number of pyridine rings is 1. The summed E-state index contributed by atoms with van der Waals surface area (Å²) in [5.41, 5.74) is 1.79. The summed E-state index contributed by atoms with van der Waals surface area (Å²) in [5, 5.41) is 9.09. The van der Waals surface area contributed by atoms with Gasteiger partial charge in [0, 0.05) is 18.3 Å². The zero-order chi connectivity index (χ0) is 22.5. The molecule has 1 amide bonds. The number of carbonyl (C=O) groups is 1. The summed E-state index contributed by atoms with van der Waals surface area (Å²) < 4.78 is 7.47. The molecular formula is C24H25N5O3. The Morgan fingerprint density at radius 2 is 1.81 bits per heavy atom. The summed E-state index contributed by atoms with van der Waals surface area (Å²) in [6.45, 7) is 3.92. The van der Waals surface area contributed by atoms with Crippen molar-refractivity contribution >= 4 is 17.3 Å². The van der Waals surface area contributed by atoms with Crippen LogP contribution in [0.15, 0.2) is 47.4 Å². The summed E-state index contributed by atoms with van der Waals surface area (Å²) in [5.74, 6) is 0. The highest BCUT2D eigenvalue weighted by Crippen LogP contribution is 2.45. The average Bonchev–Trinajstić information content (AvgIpc) is 3.24. The largest absolute Gasteiger partial charge is 0.441 e. The van der Waals surface area contributed by atoms with Crippen LogP contribution < -0.4 is 5.69 Å². The van der Waals surface area contributed by atoms with Crippen molar-refractivity contribution in [3.05, 3.63) is 64.2 Å². The minimum atomic E-state index is -0.620. The molecule has 0 radical (unpaired) electrons. The quantitative estimate of drug-likeness (QED) is 0.674. The zero-order valence-corrected chi connectivity index (χ0v) is 18.1. The summed E-state index contributed by atoms with van der Waals surface area (Å²) in [7, 11) is 0. The topological polar surface area (TPSA) is 104 Å². The Bertz CT molecular complexity index is 1260. The summed E-state index contributed by atoms with van der Waals surface area (Å²) >= 11 is 0. The molecule has 2 aliphatic rings. The van der Waals surface area contributed by atoms with Crippen molar-refractivity contribution in [2.75, 3.05) is 0 Å². The van der Waals surface area contributed by atoms with E-state index in [4.69, 9.17) is 10.00 Å². The Labute approximate surface area is 185 Å². The minimum Gasteiger partial charge on any atom is -0.441 e.